The van der Waals surface area contributed by atoms with Gasteiger partial charge in [0, 0.05) is 24.9 Å². The monoisotopic (exact) mass is 525 g/mol. The third-order valence-corrected chi connectivity index (χ3v) is 5.19. The average molecular weight is 526 g/mol. The minimum atomic E-state index is -1.23. The molecule has 12 nitrogen and oxygen atoms in total. The number of phenols is 1. The van der Waals surface area contributed by atoms with Crippen molar-refractivity contribution in [2.45, 2.75) is 37.8 Å². The van der Waals surface area contributed by atoms with E-state index in [9.17, 15) is 19.2 Å². The summed E-state index contributed by atoms with van der Waals surface area (Å²) in [6, 6.07) is 13.7. The van der Waals surface area contributed by atoms with Crippen LogP contribution < -0.4 is 16.4 Å². The van der Waals surface area contributed by atoms with Crippen LogP contribution in [0.5, 0.6) is 5.75 Å². The van der Waals surface area contributed by atoms with E-state index in [-0.39, 0.29) is 24.5 Å². The zero-order valence-corrected chi connectivity index (χ0v) is 20.5. The minimum absolute atomic E-state index is 0.000278. The number of carboxylic acid groups (broad SMARTS) is 2. The van der Waals surface area contributed by atoms with E-state index < -0.39 is 36.4 Å². The van der Waals surface area contributed by atoms with Gasteiger partial charge in [-0.25, -0.2) is 4.98 Å². The van der Waals surface area contributed by atoms with Crippen molar-refractivity contribution in [2.24, 2.45) is 5.73 Å². The van der Waals surface area contributed by atoms with Crippen molar-refractivity contribution in [1.82, 2.24) is 20.6 Å². The fraction of sp³-hybridized carbons (Fsp3) is 0.269. The van der Waals surface area contributed by atoms with Crippen LogP contribution in [0.1, 0.15) is 23.2 Å². The van der Waals surface area contributed by atoms with Crippen molar-refractivity contribution < 1.29 is 34.5 Å². The lowest BCUT2D eigenvalue weighted by Crippen LogP contribution is -2.53. The zero-order valence-electron chi connectivity index (χ0n) is 20.5. The molecule has 3 aromatic rings. The van der Waals surface area contributed by atoms with Gasteiger partial charge in [0.25, 0.3) is 0 Å². The number of amides is 2. The van der Waals surface area contributed by atoms with Gasteiger partial charge in [0.05, 0.1) is 25.2 Å². The van der Waals surface area contributed by atoms with Crippen molar-refractivity contribution in [1.29, 1.82) is 0 Å². The lowest BCUT2D eigenvalue weighted by molar-refractivity contribution is -0.139. The van der Waals surface area contributed by atoms with Crippen molar-refractivity contribution in [3.63, 3.8) is 0 Å². The van der Waals surface area contributed by atoms with E-state index in [4.69, 9.17) is 21.1 Å². The van der Waals surface area contributed by atoms with Crippen LogP contribution in [-0.4, -0.2) is 67.7 Å². The molecule has 0 aliphatic rings. The Morgan fingerprint density at radius 3 is 2.18 bits per heavy atom. The van der Waals surface area contributed by atoms with E-state index in [0.717, 1.165) is 5.56 Å². The van der Waals surface area contributed by atoms with Gasteiger partial charge in [0.15, 0.2) is 0 Å². The quantitative estimate of drug-likeness (QED) is 0.176. The van der Waals surface area contributed by atoms with Gasteiger partial charge in [-0.3, -0.25) is 19.2 Å². The number of carbonyl (C=O) groups excluding carboxylic acids is 2. The number of nitrogens with one attached hydrogen (secondary N) is 3. The van der Waals surface area contributed by atoms with Crippen LogP contribution in [0.4, 0.5) is 0 Å². The molecule has 1 aromatic heterocycles. The third kappa shape index (κ3) is 11.4. The number of hydrogen-bond acceptors (Lipinski definition) is 7. The molecule has 0 radical (unpaired) electrons. The Bertz CT molecular complexity index is 1170. The number of hydrogen-bond donors (Lipinski definition) is 7. The molecule has 3 rings (SSSR count). The van der Waals surface area contributed by atoms with E-state index >= 15 is 0 Å². The first-order valence-corrected chi connectivity index (χ1v) is 11.7. The highest BCUT2D eigenvalue weighted by Gasteiger charge is 2.25. The van der Waals surface area contributed by atoms with E-state index in [1.165, 1.54) is 18.5 Å². The standard InChI is InChI=1S/C18H23N5O4.C8H8O3/c19-14(9-16(24)25)17(26)23-15(8-13-10-20-11-22-13)18(27)21-7-6-12-4-2-1-3-5-12;9-7-3-1-6(2-4-7)5-8(10)11/h1-5,10-11,14-15H,6-9,19H2,(H,20,22)(H,21,27)(H,23,26)(H,24,25);1-4,9H,5H2,(H,10,11)/t14-,15-;/m0./s1. The van der Waals surface area contributed by atoms with E-state index in [0.29, 0.717) is 24.2 Å². The smallest absolute Gasteiger partial charge is 0.307 e. The molecule has 0 bridgehead atoms. The van der Waals surface area contributed by atoms with Crippen LogP contribution in [0.2, 0.25) is 0 Å². The molecule has 0 unspecified atom stereocenters. The van der Waals surface area contributed by atoms with Gasteiger partial charge in [-0.1, -0.05) is 42.5 Å². The highest BCUT2D eigenvalue weighted by Crippen LogP contribution is 2.09. The molecular formula is C26H31N5O7. The topological polar surface area (TPSA) is 208 Å². The van der Waals surface area contributed by atoms with Gasteiger partial charge in [0.2, 0.25) is 11.8 Å². The van der Waals surface area contributed by atoms with Crippen LogP contribution in [0, 0.1) is 0 Å². The number of aliphatic carboxylic acids is 2. The number of benzene rings is 2. The third-order valence-electron chi connectivity index (χ3n) is 5.19. The number of carboxylic acids is 2. The van der Waals surface area contributed by atoms with Crippen LogP contribution in [-0.2, 0) is 38.4 Å². The number of carbonyl (C=O) groups is 4. The molecule has 2 aromatic carbocycles. The summed E-state index contributed by atoms with van der Waals surface area (Å²) in [5.74, 6) is -2.97. The molecule has 8 N–H and O–H groups in total. The summed E-state index contributed by atoms with van der Waals surface area (Å²) in [5, 5.41) is 31.3. The number of aromatic amines is 1. The number of nitrogens with two attached hydrogens (primary N) is 1. The maximum Gasteiger partial charge on any atom is 0.307 e. The van der Waals surface area contributed by atoms with Gasteiger partial charge < -0.3 is 36.7 Å². The molecule has 0 fully saturated rings. The fourth-order valence-electron chi connectivity index (χ4n) is 3.27. The van der Waals surface area contributed by atoms with Crippen LogP contribution in [0.15, 0.2) is 67.1 Å². The summed E-state index contributed by atoms with van der Waals surface area (Å²) >= 11 is 0. The molecule has 0 aliphatic carbocycles. The molecule has 2 amide bonds. The predicted octanol–water partition coefficient (Wildman–Crippen LogP) is 0.617. The van der Waals surface area contributed by atoms with Crippen LogP contribution in [0.3, 0.4) is 0 Å². The van der Waals surface area contributed by atoms with Crippen molar-refractivity contribution in [3.05, 3.63) is 83.9 Å². The van der Waals surface area contributed by atoms with Gasteiger partial charge in [-0.05, 0) is 29.7 Å². The summed E-state index contributed by atoms with van der Waals surface area (Å²) in [5.41, 5.74) is 8.00. The second kappa shape index (κ2) is 15.4. The van der Waals surface area contributed by atoms with E-state index in [1.807, 2.05) is 30.3 Å². The molecule has 38 heavy (non-hydrogen) atoms. The first-order valence-electron chi connectivity index (χ1n) is 11.7. The Morgan fingerprint density at radius 1 is 0.921 bits per heavy atom. The average Bonchev–Trinajstić information content (AvgIpc) is 3.38. The zero-order chi connectivity index (χ0) is 27.9. The number of aromatic hydroxyl groups is 1. The molecule has 2 atom stereocenters. The molecule has 1 heterocycles. The lowest BCUT2D eigenvalue weighted by Gasteiger charge is -2.20. The first kappa shape index (κ1) is 29.5. The Kier molecular flexibility index (Phi) is 12.0. The van der Waals surface area contributed by atoms with Crippen LogP contribution in [0.25, 0.3) is 0 Å². The fourth-order valence-corrected chi connectivity index (χ4v) is 3.27. The summed E-state index contributed by atoms with van der Waals surface area (Å²) in [6.45, 7) is 0.402. The number of H-pyrrole nitrogens is 1. The van der Waals surface area contributed by atoms with Gasteiger partial charge in [-0.15, -0.1) is 0 Å². The second-order valence-corrected chi connectivity index (χ2v) is 8.31. The summed E-state index contributed by atoms with van der Waals surface area (Å²) in [7, 11) is 0. The number of aromatic nitrogens is 2. The number of rotatable bonds is 12. The van der Waals surface area contributed by atoms with E-state index in [1.54, 1.807) is 18.3 Å². The molecule has 0 saturated heterocycles. The second-order valence-electron chi connectivity index (χ2n) is 8.31. The van der Waals surface area contributed by atoms with Crippen LogP contribution >= 0.6 is 0 Å². The molecule has 0 spiro atoms. The van der Waals surface area contributed by atoms with E-state index in [2.05, 4.69) is 20.6 Å². The Balaban J connectivity index is 0.000000384. The minimum Gasteiger partial charge on any atom is -0.508 e. The van der Waals surface area contributed by atoms with Crippen molar-refractivity contribution >= 4 is 23.8 Å². The number of nitrogens with zero attached hydrogens (tertiary/aromatic N) is 1. The highest BCUT2D eigenvalue weighted by atomic mass is 16.4. The Morgan fingerprint density at radius 2 is 1.61 bits per heavy atom. The number of imidazole rings is 1. The lowest BCUT2D eigenvalue weighted by atomic mass is 10.1. The maximum absolute atomic E-state index is 12.5. The first-order chi connectivity index (χ1) is 18.1. The summed E-state index contributed by atoms with van der Waals surface area (Å²) in [6.07, 6.45) is 3.34. The Labute approximate surface area is 218 Å². The molecule has 202 valence electrons. The number of phenolic OH excluding ortho intramolecular Hbond substituents is 1. The molecular weight excluding hydrogens is 494 g/mol. The van der Waals surface area contributed by atoms with Gasteiger partial charge in [-0.2, -0.15) is 0 Å². The molecule has 0 saturated carbocycles. The summed E-state index contributed by atoms with van der Waals surface area (Å²) in [4.78, 5) is 52.3. The molecule has 12 heteroatoms. The van der Waals surface area contributed by atoms with Gasteiger partial charge in [0.1, 0.15) is 11.8 Å². The van der Waals surface area contributed by atoms with Gasteiger partial charge >= 0.3 is 11.9 Å². The largest absolute Gasteiger partial charge is 0.508 e. The molecule has 0 aliphatic heterocycles. The SMILES string of the molecule is N[C@@H](CC(=O)O)C(=O)N[C@@H](Cc1cnc[nH]1)C(=O)NCCc1ccccc1.O=C(O)Cc1ccc(O)cc1. The highest BCUT2D eigenvalue weighted by molar-refractivity contribution is 5.91. The predicted molar refractivity (Wildman–Crippen MR) is 137 cm³/mol. The maximum atomic E-state index is 12.5. The van der Waals surface area contributed by atoms with Crippen molar-refractivity contribution in [2.75, 3.05) is 6.54 Å². The van der Waals surface area contributed by atoms with Crippen molar-refractivity contribution in [3.8, 4) is 5.75 Å². The normalized spacial score (nSPS) is 11.8. The Hall–Kier alpha value is -4.71. The summed E-state index contributed by atoms with van der Waals surface area (Å²) < 4.78 is 0.